The van der Waals surface area contributed by atoms with Gasteiger partial charge < -0.3 is 5.32 Å². The molecule has 2 aromatic rings. The van der Waals surface area contributed by atoms with Gasteiger partial charge >= 0.3 is 0 Å². The summed E-state index contributed by atoms with van der Waals surface area (Å²) in [5.74, 6) is 1.07. The van der Waals surface area contributed by atoms with Gasteiger partial charge in [0.1, 0.15) is 0 Å². The summed E-state index contributed by atoms with van der Waals surface area (Å²) in [6.45, 7) is 0.977. The maximum atomic E-state index is 3.44. The van der Waals surface area contributed by atoms with Crippen molar-refractivity contribution in [3.8, 4) is 0 Å². The van der Waals surface area contributed by atoms with Gasteiger partial charge in [0.2, 0.25) is 0 Å². The van der Waals surface area contributed by atoms with Crippen LogP contribution in [-0.4, -0.2) is 12.3 Å². The highest BCUT2D eigenvalue weighted by Gasteiger charge is 1.94. The maximum absolute atomic E-state index is 3.44. The van der Waals surface area contributed by atoms with Crippen LogP contribution in [0.3, 0.4) is 0 Å². The molecule has 88 valence electrons. The second-order valence-corrected chi connectivity index (χ2v) is 5.68. The van der Waals surface area contributed by atoms with E-state index in [2.05, 4.69) is 57.6 Å². The first-order valence-corrected chi connectivity index (χ1v) is 7.30. The van der Waals surface area contributed by atoms with Crippen molar-refractivity contribution in [2.75, 3.05) is 17.6 Å². The molecule has 0 aromatic heterocycles. The van der Waals surface area contributed by atoms with Crippen LogP contribution in [0.2, 0.25) is 0 Å². The van der Waals surface area contributed by atoms with E-state index in [4.69, 9.17) is 0 Å². The summed E-state index contributed by atoms with van der Waals surface area (Å²) in [5.41, 5.74) is 1.18. The van der Waals surface area contributed by atoms with E-state index in [0.717, 1.165) is 16.8 Å². The Labute approximate surface area is 115 Å². The van der Waals surface area contributed by atoms with Crippen molar-refractivity contribution < 1.29 is 0 Å². The number of thioether (sulfide) groups is 1. The zero-order valence-electron chi connectivity index (χ0n) is 9.40. The fourth-order valence-corrected chi connectivity index (χ4v) is 2.48. The predicted octanol–water partition coefficient (Wildman–Crippen LogP) is 4.65. The van der Waals surface area contributed by atoms with Crippen LogP contribution in [0.1, 0.15) is 0 Å². The first kappa shape index (κ1) is 12.5. The van der Waals surface area contributed by atoms with E-state index in [1.54, 1.807) is 0 Å². The van der Waals surface area contributed by atoms with Gasteiger partial charge in [0.05, 0.1) is 0 Å². The number of nitrogens with one attached hydrogen (secondary N) is 1. The lowest BCUT2D eigenvalue weighted by molar-refractivity contribution is 1.22. The topological polar surface area (TPSA) is 12.0 Å². The number of anilines is 1. The van der Waals surface area contributed by atoms with Crippen LogP contribution in [0, 0.1) is 0 Å². The molecule has 0 saturated heterocycles. The standard InChI is InChI=1S/C14H14BrNS/c15-12-6-8-14(9-7-12)17-11-10-16-13-4-2-1-3-5-13/h1-9,16H,10-11H2. The monoisotopic (exact) mass is 307 g/mol. The van der Waals surface area contributed by atoms with Gasteiger partial charge in [-0.1, -0.05) is 34.1 Å². The minimum absolute atomic E-state index is 0.977. The lowest BCUT2D eigenvalue weighted by Crippen LogP contribution is -2.03. The van der Waals surface area contributed by atoms with Crippen molar-refractivity contribution in [2.45, 2.75) is 4.90 Å². The molecular formula is C14H14BrNS. The minimum Gasteiger partial charge on any atom is -0.384 e. The Morgan fingerprint density at radius 2 is 1.65 bits per heavy atom. The summed E-state index contributed by atoms with van der Waals surface area (Å²) >= 11 is 5.30. The normalized spacial score (nSPS) is 10.2. The van der Waals surface area contributed by atoms with Crippen molar-refractivity contribution in [1.82, 2.24) is 0 Å². The molecule has 0 amide bonds. The van der Waals surface area contributed by atoms with Crippen LogP contribution in [0.4, 0.5) is 5.69 Å². The third-order valence-corrected chi connectivity index (χ3v) is 3.83. The molecule has 2 aromatic carbocycles. The van der Waals surface area contributed by atoms with Crippen LogP contribution in [0.15, 0.2) is 64.0 Å². The van der Waals surface area contributed by atoms with E-state index < -0.39 is 0 Å². The Hall–Kier alpha value is -0.930. The molecule has 0 spiro atoms. The first-order valence-electron chi connectivity index (χ1n) is 5.52. The first-order chi connectivity index (χ1) is 8.34. The van der Waals surface area contributed by atoms with Crippen LogP contribution in [-0.2, 0) is 0 Å². The number of rotatable bonds is 5. The highest BCUT2D eigenvalue weighted by molar-refractivity contribution is 9.10. The van der Waals surface area contributed by atoms with Gasteiger partial charge in [-0.05, 0) is 36.4 Å². The fraction of sp³-hybridized carbons (Fsp3) is 0.143. The average molecular weight is 308 g/mol. The van der Waals surface area contributed by atoms with Crippen molar-refractivity contribution in [3.63, 3.8) is 0 Å². The van der Waals surface area contributed by atoms with E-state index in [1.807, 2.05) is 30.0 Å². The van der Waals surface area contributed by atoms with Crippen molar-refractivity contribution in [2.24, 2.45) is 0 Å². The van der Waals surface area contributed by atoms with Gasteiger partial charge in [0.15, 0.2) is 0 Å². The molecule has 17 heavy (non-hydrogen) atoms. The zero-order chi connectivity index (χ0) is 11.9. The van der Waals surface area contributed by atoms with Gasteiger partial charge in [-0.15, -0.1) is 11.8 Å². The second-order valence-electron chi connectivity index (χ2n) is 3.60. The van der Waals surface area contributed by atoms with Crippen molar-refractivity contribution >= 4 is 33.4 Å². The summed E-state index contributed by atoms with van der Waals surface area (Å²) < 4.78 is 1.13. The fourth-order valence-electron chi connectivity index (χ4n) is 1.45. The van der Waals surface area contributed by atoms with Crippen molar-refractivity contribution in [1.29, 1.82) is 0 Å². The highest BCUT2D eigenvalue weighted by Crippen LogP contribution is 2.20. The van der Waals surface area contributed by atoms with E-state index in [9.17, 15) is 0 Å². The lowest BCUT2D eigenvalue weighted by Gasteiger charge is -2.05. The summed E-state index contributed by atoms with van der Waals surface area (Å²) in [6.07, 6.45) is 0. The van der Waals surface area contributed by atoms with E-state index in [-0.39, 0.29) is 0 Å². The molecule has 0 unspecified atom stereocenters. The third kappa shape index (κ3) is 4.44. The number of para-hydroxylation sites is 1. The largest absolute Gasteiger partial charge is 0.384 e. The second kappa shape index (κ2) is 6.72. The molecule has 0 heterocycles. The third-order valence-electron chi connectivity index (χ3n) is 2.29. The number of benzene rings is 2. The summed E-state index contributed by atoms with van der Waals surface area (Å²) in [5, 5.41) is 3.40. The molecular weight excluding hydrogens is 294 g/mol. The summed E-state index contributed by atoms with van der Waals surface area (Å²) in [6, 6.07) is 18.7. The molecule has 0 fully saturated rings. The van der Waals surface area contributed by atoms with Crippen LogP contribution in [0.5, 0.6) is 0 Å². The average Bonchev–Trinajstić information content (AvgIpc) is 2.38. The molecule has 1 nitrogen and oxygen atoms in total. The van der Waals surface area contributed by atoms with Gasteiger partial charge in [-0.3, -0.25) is 0 Å². The molecule has 0 atom stereocenters. The quantitative estimate of drug-likeness (QED) is 0.637. The Morgan fingerprint density at radius 1 is 0.941 bits per heavy atom. The predicted molar refractivity (Wildman–Crippen MR) is 79.8 cm³/mol. The Kier molecular flexibility index (Phi) is 4.95. The Bertz CT molecular complexity index is 442. The maximum Gasteiger partial charge on any atom is 0.0340 e. The molecule has 0 aliphatic rings. The molecule has 0 saturated carbocycles. The van der Waals surface area contributed by atoms with E-state index in [1.165, 1.54) is 10.6 Å². The lowest BCUT2D eigenvalue weighted by atomic mass is 10.3. The Balaban J connectivity index is 1.71. The van der Waals surface area contributed by atoms with Crippen LogP contribution in [0.25, 0.3) is 0 Å². The van der Waals surface area contributed by atoms with E-state index in [0.29, 0.717) is 0 Å². The molecule has 0 radical (unpaired) electrons. The smallest absolute Gasteiger partial charge is 0.0340 e. The highest BCUT2D eigenvalue weighted by atomic mass is 79.9. The van der Waals surface area contributed by atoms with Gasteiger partial charge in [-0.2, -0.15) is 0 Å². The van der Waals surface area contributed by atoms with Gasteiger partial charge in [0, 0.05) is 27.4 Å². The zero-order valence-corrected chi connectivity index (χ0v) is 11.8. The minimum atomic E-state index is 0.977. The number of halogens is 1. The van der Waals surface area contributed by atoms with Crippen LogP contribution < -0.4 is 5.32 Å². The summed E-state index contributed by atoms with van der Waals surface area (Å²) in [4.78, 5) is 1.31. The molecule has 0 bridgehead atoms. The SMILES string of the molecule is Brc1ccc(SCCNc2ccccc2)cc1. The molecule has 1 N–H and O–H groups in total. The number of hydrogen-bond donors (Lipinski definition) is 1. The molecule has 0 aliphatic heterocycles. The Morgan fingerprint density at radius 3 is 2.35 bits per heavy atom. The van der Waals surface area contributed by atoms with Gasteiger partial charge in [0.25, 0.3) is 0 Å². The van der Waals surface area contributed by atoms with E-state index >= 15 is 0 Å². The summed E-state index contributed by atoms with van der Waals surface area (Å²) in [7, 11) is 0. The molecule has 3 heteroatoms. The van der Waals surface area contributed by atoms with Crippen molar-refractivity contribution in [3.05, 3.63) is 59.1 Å². The van der Waals surface area contributed by atoms with Crippen LogP contribution >= 0.6 is 27.7 Å². The molecule has 0 aliphatic carbocycles. The molecule has 2 rings (SSSR count). The van der Waals surface area contributed by atoms with Gasteiger partial charge in [-0.25, -0.2) is 0 Å². The number of hydrogen-bond acceptors (Lipinski definition) is 2.